The van der Waals surface area contributed by atoms with Crippen molar-refractivity contribution in [2.45, 2.75) is 93.9 Å². The van der Waals surface area contributed by atoms with E-state index in [-0.39, 0.29) is 0 Å². The molecule has 0 aromatic carbocycles. The number of aryl methyl sites for hydroxylation is 4. The van der Waals surface area contributed by atoms with Crippen molar-refractivity contribution in [3.63, 3.8) is 0 Å². The van der Waals surface area contributed by atoms with Gasteiger partial charge in [-0.1, -0.05) is 69.2 Å². The minimum Gasteiger partial charge on any atom is -0.276 e. The molecule has 0 spiro atoms. The van der Waals surface area contributed by atoms with Crippen molar-refractivity contribution in [1.29, 1.82) is 0 Å². The van der Waals surface area contributed by atoms with E-state index in [9.17, 15) is 0 Å². The van der Waals surface area contributed by atoms with Gasteiger partial charge in [-0.2, -0.15) is 15.0 Å². The van der Waals surface area contributed by atoms with Crippen molar-refractivity contribution >= 4 is 0 Å². The highest BCUT2D eigenvalue weighted by Gasteiger charge is 2.05. The van der Waals surface area contributed by atoms with Gasteiger partial charge in [0.2, 0.25) is 0 Å². The van der Waals surface area contributed by atoms with E-state index in [1.165, 1.54) is 15.9 Å². The van der Waals surface area contributed by atoms with Crippen LogP contribution in [0.3, 0.4) is 0 Å². The topological polar surface area (TPSA) is 79.2 Å². The molecule has 0 amide bonds. The van der Waals surface area contributed by atoms with Crippen LogP contribution in [0.4, 0.5) is 0 Å². The monoisotopic (exact) mass is 448 g/mol. The molecule has 0 N–H and O–H groups in total. The summed E-state index contributed by atoms with van der Waals surface area (Å²) in [5, 5.41) is 19.8. The van der Waals surface area contributed by atoms with Crippen molar-refractivity contribution in [2.24, 2.45) is 21.1 Å². The van der Waals surface area contributed by atoms with Crippen LogP contribution in [0.1, 0.15) is 110 Å². The molecule has 0 aliphatic heterocycles. The van der Waals surface area contributed by atoms with Crippen molar-refractivity contribution in [3.8, 4) is 0 Å². The third-order valence-corrected chi connectivity index (χ3v) is 4.11. The van der Waals surface area contributed by atoms with Crippen LogP contribution < -0.4 is 0 Å². The first-order valence-corrected chi connectivity index (χ1v) is 11.7. The van der Waals surface area contributed by atoms with E-state index < -0.39 is 0 Å². The van der Waals surface area contributed by atoms with E-state index in [0.717, 1.165) is 11.5 Å². The van der Waals surface area contributed by atoms with Crippen LogP contribution in [-0.4, -0.2) is 39.8 Å². The Morgan fingerprint density at radius 1 is 0.719 bits per heavy atom. The molecule has 3 rings (SSSR count). The van der Waals surface area contributed by atoms with Crippen molar-refractivity contribution in [3.05, 3.63) is 41.2 Å². The maximum Gasteiger partial charge on any atom is 0.177 e. The number of rotatable bonds is 3. The molecule has 0 unspecified atom stereocenters. The van der Waals surface area contributed by atoms with Gasteiger partial charge in [0.15, 0.2) is 5.82 Å². The molecule has 0 saturated carbocycles. The highest BCUT2D eigenvalue weighted by Crippen LogP contribution is 2.16. The van der Waals surface area contributed by atoms with Crippen LogP contribution in [0.2, 0.25) is 0 Å². The second-order valence-corrected chi connectivity index (χ2v) is 7.89. The number of aromatic nitrogens is 8. The zero-order valence-electron chi connectivity index (χ0n) is 23.0. The Balaban J connectivity index is 0. The molecule has 0 aliphatic carbocycles. The molecule has 0 bridgehead atoms. The lowest BCUT2D eigenvalue weighted by Crippen LogP contribution is -1.94. The molecule has 32 heavy (non-hydrogen) atoms. The van der Waals surface area contributed by atoms with Gasteiger partial charge in [-0.15, -0.1) is 10.2 Å². The summed E-state index contributed by atoms with van der Waals surface area (Å²) < 4.78 is 3.69. The first-order valence-electron chi connectivity index (χ1n) is 11.7. The number of hydrogen-bond acceptors (Lipinski definition) is 5. The van der Waals surface area contributed by atoms with Gasteiger partial charge in [0.1, 0.15) is 0 Å². The SMILES string of the molecule is CC.CC.CC(C)c1cnn(C)c1.CC(C)c1nnn(C)n1.Cc1nn(C)cc1C(C)C. The highest BCUT2D eigenvalue weighted by molar-refractivity contribution is 5.18. The molecule has 3 aromatic rings. The van der Waals surface area contributed by atoms with Gasteiger partial charge in [-0.3, -0.25) is 9.36 Å². The summed E-state index contributed by atoms with van der Waals surface area (Å²) in [6.45, 7) is 22.8. The number of nitrogens with zero attached hydrogens (tertiary/aromatic N) is 8. The predicted molar refractivity (Wildman–Crippen MR) is 135 cm³/mol. The Morgan fingerprint density at radius 2 is 1.28 bits per heavy atom. The van der Waals surface area contributed by atoms with Gasteiger partial charge in [0.25, 0.3) is 0 Å². The van der Waals surface area contributed by atoms with Crippen LogP contribution in [0.15, 0.2) is 18.6 Å². The maximum atomic E-state index is 4.25. The largest absolute Gasteiger partial charge is 0.276 e. The summed E-state index contributed by atoms with van der Waals surface area (Å²) in [4.78, 5) is 1.47. The molecule has 0 atom stereocenters. The van der Waals surface area contributed by atoms with E-state index in [4.69, 9.17) is 0 Å². The molecule has 3 aromatic heterocycles. The summed E-state index contributed by atoms with van der Waals surface area (Å²) in [5.41, 5.74) is 3.80. The van der Waals surface area contributed by atoms with Crippen LogP contribution >= 0.6 is 0 Å². The van der Waals surface area contributed by atoms with Crippen molar-refractivity contribution in [1.82, 2.24) is 39.8 Å². The number of tetrazole rings is 1. The van der Waals surface area contributed by atoms with Crippen LogP contribution in [0.25, 0.3) is 0 Å². The lowest BCUT2D eigenvalue weighted by Gasteiger charge is -1.99. The summed E-state index contributed by atoms with van der Waals surface area (Å²) >= 11 is 0. The Labute approximate surface area is 196 Å². The van der Waals surface area contributed by atoms with E-state index in [0.29, 0.717) is 17.8 Å². The third kappa shape index (κ3) is 12.4. The van der Waals surface area contributed by atoms with Crippen molar-refractivity contribution in [2.75, 3.05) is 0 Å². The average Bonchev–Trinajstić information content (AvgIpc) is 3.46. The predicted octanol–water partition coefficient (Wildman–Crippen LogP) is 5.78. The zero-order valence-corrected chi connectivity index (χ0v) is 23.0. The summed E-state index contributed by atoms with van der Waals surface area (Å²) in [6, 6.07) is 0. The molecule has 0 aliphatic rings. The summed E-state index contributed by atoms with van der Waals surface area (Å²) in [6.07, 6.45) is 6.04. The van der Waals surface area contributed by atoms with Crippen LogP contribution in [-0.2, 0) is 21.1 Å². The normalized spacial score (nSPS) is 9.78. The van der Waals surface area contributed by atoms with Gasteiger partial charge < -0.3 is 0 Å². The fraction of sp³-hybridized carbons (Fsp3) is 0.708. The molecule has 8 heteroatoms. The molecule has 0 radical (unpaired) electrons. The molecular formula is C24H48N8. The lowest BCUT2D eigenvalue weighted by molar-refractivity contribution is 0.625. The molecule has 8 nitrogen and oxygen atoms in total. The molecular weight excluding hydrogens is 400 g/mol. The van der Waals surface area contributed by atoms with E-state index in [1.807, 2.05) is 77.4 Å². The molecule has 0 saturated heterocycles. The Hall–Kier alpha value is -2.51. The maximum absolute atomic E-state index is 4.25. The average molecular weight is 449 g/mol. The lowest BCUT2D eigenvalue weighted by atomic mass is 10.1. The van der Waals surface area contributed by atoms with Gasteiger partial charge >= 0.3 is 0 Å². The van der Waals surface area contributed by atoms with Gasteiger partial charge in [0, 0.05) is 32.4 Å². The van der Waals surface area contributed by atoms with Crippen LogP contribution in [0, 0.1) is 6.92 Å². The van der Waals surface area contributed by atoms with Gasteiger partial charge in [-0.05, 0) is 35.1 Å². The Kier molecular flexibility index (Phi) is 16.9. The summed E-state index contributed by atoms with van der Waals surface area (Å²) in [7, 11) is 5.66. The zero-order chi connectivity index (χ0) is 25.4. The minimum absolute atomic E-state index is 0.374. The van der Waals surface area contributed by atoms with Gasteiger partial charge in [-0.25, -0.2) is 0 Å². The fourth-order valence-corrected chi connectivity index (χ4v) is 2.45. The van der Waals surface area contributed by atoms with E-state index in [2.05, 4.69) is 66.4 Å². The minimum atomic E-state index is 0.374. The third-order valence-electron chi connectivity index (χ3n) is 4.11. The van der Waals surface area contributed by atoms with Gasteiger partial charge in [0.05, 0.1) is 18.9 Å². The molecule has 3 heterocycles. The van der Waals surface area contributed by atoms with Crippen LogP contribution in [0.5, 0.6) is 0 Å². The smallest absolute Gasteiger partial charge is 0.177 e. The first kappa shape index (κ1) is 31.7. The summed E-state index contributed by atoms with van der Waals surface area (Å²) in [5.74, 6) is 2.36. The Morgan fingerprint density at radius 3 is 1.47 bits per heavy atom. The number of hydrogen-bond donors (Lipinski definition) is 0. The molecule has 184 valence electrons. The standard InChI is InChI=1S/C8H14N2.C7H12N2.C5H10N4.2C2H6/c1-6(2)8-5-10(4)9-7(8)3;1-6(2)7-4-8-9(3)5-7;1-4(2)5-6-8-9(3)7-5;2*1-2/h5-6H,1-4H3;4-6H,1-3H3;4H,1-3H3;2*1-2H3. The second kappa shape index (κ2) is 17.1. The first-order chi connectivity index (χ1) is 15.0. The van der Waals surface area contributed by atoms with E-state index in [1.54, 1.807) is 7.05 Å². The highest BCUT2D eigenvalue weighted by atomic mass is 15.6. The van der Waals surface area contributed by atoms with Crippen molar-refractivity contribution < 1.29 is 0 Å². The fourth-order valence-electron chi connectivity index (χ4n) is 2.45. The quantitative estimate of drug-likeness (QED) is 0.507. The molecule has 0 fully saturated rings. The Bertz CT molecular complexity index is 781. The van der Waals surface area contributed by atoms with E-state index >= 15 is 0 Å². The second-order valence-electron chi connectivity index (χ2n) is 7.89.